The number of hydrogen-bond acceptors (Lipinski definition) is 2. The molecule has 39 heavy (non-hydrogen) atoms. The summed E-state index contributed by atoms with van der Waals surface area (Å²) in [5.41, 5.74) is 11.7. The molecular weight excluding hydrogens is 472 g/mol. The van der Waals surface area contributed by atoms with Crippen molar-refractivity contribution in [2.24, 2.45) is 0 Å². The van der Waals surface area contributed by atoms with E-state index in [2.05, 4.69) is 123 Å². The number of benzene rings is 5. The molecule has 2 heteroatoms. The number of aromatic nitrogens is 2. The van der Waals surface area contributed by atoms with Crippen LogP contribution >= 0.6 is 0 Å². The zero-order valence-corrected chi connectivity index (χ0v) is 21.9. The standard InChI is InChI=1S/C37H26N2/c1-37(2)30-15-6-5-13-29(30)36-34(37)32(33-27-12-4-3-9-23(27)20-21-31(33)39-36)25-18-16-24(17-19-25)28-14-7-10-26-11-8-22-38-35(26)28/h3-22H,1-2H3. The third-order valence-electron chi connectivity index (χ3n) is 8.47. The number of para-hydroxylation sites is 1. The Morgan fingerprint density at radius 1 is 0.590 bits per heavy atom. The van der Waals surface area contributed by atoms with Gasteiger partial charge in [-0.2, -0.15) is 0 Å². The van der Waals surface area contributed by atoms with Gasteiger partial charge >= 0.3 is 0 Å². The van der Waals surface area contributed by atoms with Gasteiger partial charge in [-0.05, 0) is 50.7 Å². The summed E-state index contributed by atoms with van der Waals surface area (Å²) in [5.74, 6) is 0. The lowest BCUT2D eigenvalue weighted by molar-refractivity contribution is 0.662. The number of rotatable bonds is 2. The second-order valence-corrected chi connectivity index (χ2v) is 11.0. The van der Waals surface area contributed by atoms with Gasteiger partial charge in [-0.15, -0.1) is 0 Å². The van der Waals surface area contributed by atoms with Gasteiger partial charge in [0.2, 0.25) is 0 Å². The topological polar surface area (TPSA) is 25.8 Å². The molecular formula is C37H26N2. The number of pyridine rings is 2. The van der Waals surface area contributed by atoms with Crippen molar-refractivity contribution in [1.82, 2.24) is 9.97 Å². The molecule has 1 aliphatic carbocycles. The molecule has 184 valence electrons. The first-order valence-corrected chi connectivity index (χ1v) is 13.5. The molecule has 2 heterocycles. The maximum atomic E-state index is 5.32. The summed E-state index contributed by atoms with van der Waals surface area (Å²) in [5, 5.41) is 4.87. The predicted molar refractivity (Wildman–Crippen MR) is 163 cm³/mol. The lowest BCUT2D eigenvalue weighted by Gasteiger charge is -2.25. The molecule has 2 aromatic heterocycles. The van der Waals surface area contributed by atoms with Gasteiger partial charge in [-0.25, -0.2) is 4.98 Å². The molecule has 0 fully saturated rings. The van der Waals surface area contributed by atoms with Crippen LogP contribution in [0.2, 0.25) is 0 Å². The van der Waals surface area contributed by atoms with E-state index in [0.29, 0.717) is 0 Å². The fourth-order valence-electron chi connectivity index (χ4n) is 6.65. The highest BCUT2D eigenvalue weighted by Gasteiger charge is 2.39. The molecule has 0 amide bonds. The molecule has 0 N–H and O–H groups in total. The van der Waals surface area contributed by atoms with E-state index >= 15 is 0 Å². The summed E-state index contributed by atoms with van der Waals surface area (Å²) in [4.78, 5) is 10.0. The largest absolute Gasteiger partial charge is 0.256 e. The number of nitrogens with zero attached hydrogens (tertiary/aromatic N) is 2. The minimum atomic E-state index is -0.169. The van der Waals surface area contributed by atoms with Gasteiger partial charge in [0.1, 0.15) is 0 Å². The van der Waals surface area contributed by atoms with Crippen molar-refractivity contribution in [2.45, 2.75) is 19.3 Å². The van der Waals surface area contributed by atoms with E-state index in [1.165, 1.54) is 49.5 Å². The quantitative estimate of drug-likeness (QED) is 0.222. The summed E-state index contributed by atoms with van der Waals surface area (Å²) in [6.45, 7) is 4.69. The normalized spacial score (nSPS) is 13.6. The van der Waals surface area contributed by atoms with Gasteiger partial charge in [0, 0.05) is 33.5 Å². The van der Waals surface area contributed by atoms with E-state index in [9.17, 15) is 0 Å². The highest BCUT2D eigenvalue weighted by Crippen LogP contribution is 2.53. The van der Waals surface area contributed by atoms with Gasteiger partial charge in [-0.1, -0.05) is 117 Å². The van der Waals surface area contributed by atoms with Crippen molar-refractivity contribution in [3.05, 3.63) is 133 Å². The summed E-state index contributed by atoms with van der Waals surface area (Å²) < 4.78 is 0. The van der Waals surface area contributed by atoms with Crippen LogP contribution in [0.25, 0.3) is 66.1 Å². The number of hydrogen-bond donors (Lipinski definition) is 0. The van der Waals surface area contributed by atoms with E-state index in [-0.39, 0.29) is 5.41 Å². The average molecular weight is 499 g/mol. The first-order valence-electron chi connectivity index (χ1n) is 13.5. The minimum Gasteiger partial charge on any atom is -0.256 e. The molecule has 7 aromatic rings. The summed E-state index contributed by atoms with van der Waals surface area (Å²) >= 11 is 0. The fourth-order valence-corrected chi connectivity index (χ4v) is 6.65. The van der Waals surface area contributed by atoms with Crippen molar-refractivity contribution in [3.63, 3.8) is 0 Å². The molecule has 0 saturated heterocycles. The Morgan fingerprint density at radius 2 is 1.31 bits per heavy atom. The third-order valence-corrected chi connectivity index (χ3v) is 8.47. The van der Waals surface area contributed by atoms with Crippen LogP contribution in [0.15, 0.2) is 121 Å². The van der Waals surface area contributed by atoms with Gasteiger partial charge in [0.25, 0.3) is 0 Å². The lowest BCUT2D eigenvalue weighted by atomic mass is 9.78. The molecule has 0 aliphatic heterocycles. The van der Waals surface area contributed by atoms with Crippen LogP contribution in [0.3, 0.4) is 0 Å². The SMILES string of the molecule is CC1(C)c2ccccc2-c2nc3ccc4ccccc4c3c(-c3ccc(-c4cccc5cccnc45)cc3)c21. The Bertz CT molecular complexity index is 2080. The zero-order valence-electron chi connectivity index (χ0n) is 21.9. The first kappa shape index (κ1) is 22.2. The molecule has 0 saturated carbocycles. The van der Waals surface area contributed by atoms with Crippen LogP contribution < -0.4 is 0 Å². The van der Waals surface area contributed by atoms with Crippen molar-refractivity contribution in [3.8, 4) is 33.5 Å². The van der Waals surface area contributed by atoms with Gasteiger partial charge in [-0.3, -0.25) is 4.98 Å². The maximum absolute atomic E-state index is 5.32. The van der Waals surface area contributed by atoms with Crippen LogP contribution in [-0.4, -0.2) is 9.97 Å². The molecule has 2 nitrogen and oxygen atoms in total. The van der Waals surface area contributed by atoms with Gasteiger partial charge in [0.05, 0.1) is 16.7 Å². The smallest absolute Gasteiger partial charge is 0.0780 e. The molecule has 0 atom stereocenters. The van der Waals surface area contributed by atoms with E-state index in [1.54, 1.807) is 0 Å². The van der Waals surface area contributed by atoms with E-state index < -0.39 is 0 Å². The van der Waals surface area contributed by atoms with Gasteiger partial charge in [0.15, 0.2) is 0 Å². The van der Waals surface area contributed by atoms with Crippen LogP contribution in [-0.2, 0) is 5.41 Å². The second-order valence-electron chi connectivity index (χ2n) is 11.0. The first-order chi connectivity index (χ1) is 19.1. The highest BCUT2D eigenvalue weighted by atomic mass is 14.7. The Balaban J connectivity index is 1.44. The van der Waals surface area contributed by atoms with Crippen LogP contribution in [0, 0.1) is 0 Å². The summed E-state index contributed by atoms with van der Waals surface area (Å²) in [7, 11) is 0. The van der Waals surface area contributed by atoms with E-state index in [4.69, 9.17) is 9.97 Å². The van der Waals surface area contributed by atoms with Crippen molar-refractivity contribution >= 4 is 32.6 Å². The summed E-state index contributed by atoms with van der Waals surface area (Å²) in [6, 6.07) is 41.4. The monoisotopic (exact) mass is 498 g/mol. The van der Waals surface area contributed by atoms with E-state index in [0.717, 1.165) is 27.7 Å². The maximum Gasteiger partial charge on any atom is 0.0780 e. The molecule has 8 rings (SSSR count). The Kier molecular flexibility index (Phi) is 4.60. The molecule has 0 spiro atoms. The van der Waals surface area contributed by atoms with Crippen molar-refractivity contribution < 1.29 is 0 Å². The second kappa shape index (κ2) is 8.09. The van der Waals surface area contributed by atoms with E-state index in [1.807, 2.05) is 12.3 Å². The molecule has 5 aromatic carbocycles. The molecule has 0 bridgehead atoms. The number of fused-ring (bicyclic) bond motifs is 7. The Morgan fingerprint density at radius 3 is 2.21 bits per heavy atom. The molecule has 1 aliphatic rings. The van der Waals surface area contributed by atoms with Crippen LogP contribution in [0.4, 0.5) is 0 Å². The highest BCUT2D eigenvalue weighted by molar-refractivity contribution is 6.15. The third kappa shape index (κ3) is 3.15. The molecule has 0 unspecified atom stereocenters. The predicted octanol–water partition coefficient (Wildman–Crippen LogP) is 9.58. The summed E-state index contributed by atoms with van der Waals surface area (Å²) in [6.07, 6.45) is 1.87. The van der Waals surface area contributed by atoms with Crippen LogP contribution in [0.5, 0.6) is 0 Å². The Hall–Kier alpha value is -4.82. The van der Waals surface area contributed by atoms with Crippen LogP contribution in [0.1, 0.15) is 25.0 Å². The zero-order chi connectivity index (χ0) is 26.1. The Labute approximate surface area is 227 Å². The van der Waals surface area contributed by atoms with Gasteiger partial charge < -0.3 is 0 Å². The fraction of sp³-hybridized carbons (Fsp3) is 0.0811. The lowest BCUT2D eigenvalue weighted by Crippen LogP contribution is -2.16. The van der Waals surface area contributed by atoms with Crippen molar-refractivity contribution in [2.75, 3.05) is 0 Å². The average Bonchev–Trinajstić information content (AvgIpc) is 3.22. The minimum absolute atomic E-state index is 0.169. The van der Waals surface area contributed by atoms with Crippen molar-refractivity contribution in [1.29, 1.82) is 0 Å². The molecule has 0 radical (unpaired) electrons.